The number of benzene rings is 2. The molecule has 1 fully saturated rings. The highest BCUT2D eigenvalue weighted by molar-refractivity contribution is 5.93. The molecule has 43 heavy (non-hydrogen) atoms. The molecule has 1 aliphatic rings. The number of carbonyl (C=O) groups is 3. The molecule has 4 atom stereocenters. The van der Waals surface area contributed by atoms with Crippen LogP contribution in [0, 0.1) is 0 Å². The number of aliphatic imine (C=N–C) groups is 1. The number of nitrogens with two attached hydrogens (primary N) is 2. The first-order valence-electron chi connectivity index (χ1n) is 14.4. The molecule has 2 aromatic rings. The number of aliphatic hydroxyl groups is 2. The van der Waals surface area contributed by atoms with Crippen LogP contribution in [0.3, 0.4) is 0 Å². The number of hydrogen-bond acceptors (Lipinski definition) is 8. The molecule has 0 radical (unpaired) electrons. The predicted octanol–water partition coefficient (Wildman–Crippen LogP) is -0.359. The van der Waals surface area contributed by atoms with Crippen molar-refractivity contribution >= 4 is 23.7 Å². The van der Waals surface area contributed by atoms with Gasteiger partial charge in [0, 0.05) is 19.5 Å². The van der Waals surface area contributed by atoms with Gasteiger partial charge in [-0.3, -0.25) is 19.4 Å². The number of phenolic OH excluding ortho intramolecular Hbond substituents is 2. The molecule has 1 saturated heterocycles. The van der Waals surface area contributed by atoms with E-state index in [9.17, 15) is 34.8 Å². The van der Waals surface area contributed by atoms with Crippen molar-refractivity contribution < 1.29 is 34.8 Å². The largest absolute Gasteiger partial charge is 0.508 e. The van der Waals surface area contributed by atoms with Crippen LogP contribution >= 0.6 is 0 Å². The Bertz CT molecular complexity index is 1230. The highest BCUT2D eigenvalue weighted by Gasteiger charge is 2.38. The minimum atomic E-state index is -1.40. The van der Waals surface area contributed by atoms with Crippen molar-refractivity contribution in [2.75, 3.05) is 19.7 Å². The molecule has 0 aliphatic carbocycles. The molecule has 0 saturated carbocycles. The van der Waals surface area contributed by atoms with E-state index >= 15 is 0 Å². The first-order chi connectivity index (χ1) is 20.6. The third kappa shape index (κ3) is 10.5. The zero-order chi connectivity index (χ0) is 31.4. The summed E-state index contributed by atoms with van der Waals surface area (Å²) in [7, 11) is 0. The first kappa shape index (κ1) is 33.1. The van der Waals surface area contributed by atoms with Gasteiger partial charge in [-0.05, 0) is 73.9 Å². The molecule has 0 unspecified atom stereocenters. The van der Waals surface area contributed by atoms with Crippen LogP contribution in [0.15, 0.2) is 53.5 Å². The zero-order valence-electron chi connectivity index (χ0n) is 24.1. The molecule has 0 spiro atoms. The number of aromatic hydroxyl groups is 2. The SMILES string of the molecule is NC(N)=NCCC[C@H](CO)NC(=O)[C@@H]1CCCN1C(=O)[C@@H](Cc1ccc(O)cc1)NC(=O)[C@@H](O)CCc1ccc(O)cc1. The lowest BCUT2D eigenvalue weighted by Gasteiger charge is -2.30. The van der Waals surface area contributed by atoms with Crippen LogP contribution in [0.25, 0.3) is 0 Å². The number of guanidine groups is 1. The molecule has 13 nitrogen and oxygen atoms in total. The third-order valence-electron chi connectivity index (χ3n) is 7.35. The first-order valence-corrected chi connectivity index (χ1v) is 14.4. The summed E-state index contributed by atoms with van der Waals surface area (Å²) >= 11 is 0. The van der Waals surface area contributed by atoms with Crippen LogP contribution in [0.1, 0.15) is 43.2 Å². The van der Waals surface area contributed by atoms with Crippen LogP contribution < -0.4 is 22.1 Å². The smallest absolute Gasteiger partial charge is 0.249 e. The molecule has 10 N–H and O–H groups in total. The van der Waals surface area contributed by atoms with Gasteiger partial charge in [0.1, 0.15) is 29.7 Å². The van der Waals surface area contributed by atoms with Crippen molar-refractivity contribution in [3.63, 3.8) is 0 Å². The summed E-state index contributed by atoms with van der Waals surface area (Å²) in [6.45, 7) is 0.356. The van der Waals surface area contributed by atoms with Crippen molar-refractivity contribution in [3.8, 4) is 11.5 Å². The van der Waals surface area contributed by atoms with Gasteiger partial charge in [0.05, 0.1) is 12.6 Å². The second kappa shape index (κ2) is 16.3. The number of phenols is 2. The van der Waals surface area contributed by atoms with E-state index in [0.29, 0.717) is 50.8 Å². The molecule has 3 rings (SSSR count). The highest BCUT2D eigenvalue weighted by atomic mass is 16.3. The Morgan fingerprint density at radius 1 is 0.953 bits per heavy atom. The van der Waals surface area contributed by atoms with Gasteiger partial charge in [0.2, 0.25) is 17.7 Å². The number of hydrogen-bond donors (Lipinski definition) is 8. The van der Waals surface area contributed by atoms with E-state index in [1.54, 1.807) is 24.3 Å². The number of carbonyl (C=O) groups excluding carboxylic acids is 3. The number of likely N-dealkylation sites (tertiary alicyclic amines) is 1. The van der Waals surface area contributed by atoms with E-state index in [2.05, 4.69) is 15.6 Å². The third-order valence-corrected chi connectivity index (χ3v) is 7.35. The second-order valence-corrected chi connectivity index (χ2v) is 10.7. The van der Waals surface area contributed by atoms with Crippen LogP contribution in [0.2, 0.25) is 0 Å². The summed E-state index contributed by atoms with van der Waals surface area (Å²) < 4.78 is 0. The lowest BCUT2D eigenvalue weighted by molar-refractivity contribution is -0.142. The van der Waals surface area contributed by atoms with Gasteiger partial charge in [-0.1, -0.05) is 24.3 Å². The van der Waals surface area contributed by atoms with E-state index in [1.807, 2.05) is 0 Å². The molecule has 1 aliphatic heterocycles. The Hall–Kier alpha value is -4.36. The van der Waals surface area contributed by atoms with E-state index < -0.39 is 42.0 Å². The maximum atomic E-state index is 13.8. The average Bonchev–Trinajstić information content (AvgIpc) is 3.48. The summed E-state index contributed by atoms with van der Waals surface area (Å²) in [5.74, 6) is -1.48. The molecule has 2 aromatic carbocycles. The number of aliphatic hydroxyl groups excluding tert-OH is 2. The van der Waals surface area contributed by atoms with Gasteiger partial charge in [-0.25, -0.2) is 0 Å². The van der Waals surface area contributed by atoms with E-state index in [1.165, 1.54) is 29.2 Å². The van der Waals surface area contributed by atoms with E-state index in [0.717, 1.165) is 5.56 Å². The Labute approximate surface area is 250 Å². The number of aryl methyl sites for hydroxylation is 1. The molecular formula is C30H42N6O7. The average molecular weight is 599 g/mol. The molecule has 234 valence electrons. The Balaban J connectivity index is 1.68. The van der Waals surface area contributed by atoms with Gasteiger partial charge < -0.3 is 47.4 Å². The minimum Gasteiger partial charge on any atom is -0.508 e. The number of amides is 3. The number of rotatable bonds is 15. The fourth-order valence-corrected chi connectivity index (χ4v) is 4.99. The summed E-state index contributed by atoms with van der Waals surface area (Å²) in [6, 6.07) is 10.2. The number of nitrogens with zero attached hydrogens (tertiary/aromatic N) is 2. The fourth-order valence-electron chi connectivity index (χ4n) is 4.99. The molecule has 0 bridgehead atoms. The normalized spacial score (nSPS) is 16.6. The predicted molar refractivity (Wildman–Crippen MR) is 160 cm³/mol. The minimum absolute atomic E-state index is 0.0384. The molecule has 1 heterocycles. The lowest BCUT2D eigenvalue weighted by Crippen LogP contribution is -2.56. The van der Waals surface area contributed by atoms with Crippen molar-refractivity contribution in [3.05, 3.63) is 59.7 Å². The zero-order valence-corrected chi connectivity index (χ0v) is 24.1. The van der Waals surface area contributed by atoms with Crippen LogP contribution in [0.5, 0.6) is 11.5 Å². The van der Waals surface area contributed by atoms with E-state index in [-0.39, 0.29) is 36.9 Å². The topological polar surface area (TPSA) is 224 Å². The summed E-state index contributed by atoms with van der Waals surface area (Å²) in [5, 5.41) is 45.0. The quantitative estimate of drug-likeness (QED) is 0.0760. The van der Waals surface area contributed by atoms with Gasteiger partial charge >= 0.3 is 0 Å². The van der Waals surface area contributed by atoms with E-state index in [4.69, 9.17) is 11.5 Å². The van der Waals surface area contributed by atoms with Crippen LogP contribution in [0.4, 0.5) is 0 Å². The maximum Gasteiger partial charge on any atom is 0.249 e. The van der Waals surface area contributed by atoms with Gasteiger partial charge in [0.15, 0.2) is 5.96 Å². The van der Waals surface area contributed by atoms with Crippen molar-refractivity contribution in [2.24, 2.45) is 16.5 Å². The maximum absolute atomic E-state index is 13.8. The standard InChI is InChI=1S/C30H42N6O7/c31-30(32)33-15-1-3-21(18-37)34-27(41)25-4-2-16-36(25)29(43)24(17-20-7-12-23(39)13-8-20)35-28(42)26(40)14-9-19-5-10-22(38)11-6-19/h5-8,10-13,21,24-26,37-40H,1-4,9,14-18H2,(H,34,41)(H,35,42)(H4,31,32,33)/t21-,24-,25+,26+/m1/s1. The summed E-state index contributed by atoms with van der Waals surface area (Å²) in [5.41, 5.74) is 12.1. The highest BCUT2D eigenvalue weighted by Crippen LogP contribution is 2.21. The lowest BCUT2D eigenvalue weighted by atomic mass is 10.0. The van der Waals surface area contributed by atoms with Crippen molar-refractivity contribution in [1.29, 1.82) is 0 Å². The summed E-state index contributed by atoms with van der Waals surface area (Å²) in [4.78, 5) is 45.4. The Morgan fingerprint density at radius 3 is 2.19 bits per heavy atom. The van der Waals surface area contributed by atoms with Gasteiger partial charge in [0.25, 0.3) is 0 Å². The van der Waals surface area contributed by atoms with Crippen molar-refractivity contribution in [2.45, 2.75) is 69.2 Å². The monoisotopic (exact) mass is 598 g/mol. The van der Waals surface area contributed by atoms with Crippen LogP contribution in [-0.2, 0) is 27.2 Å². The molecule has 3 amide bonds. The Morgan fingerprint density at radius 2 is 1.58 bits per heavy atom. The number of nitrogens with one attached hydrogen (secondary N) is 2. The fraction of sp³-hybridized carbons (Fsp3) is 0.467. The second-order valence-electron chi connectivity index (χ2n) is 10.7. The molecular weight excluding hydrogens is 556 g/mol. The van der Waals surface area contributed by atoms with Gasteiger partial charge in [-0.15, -0.1) is 0 Å². The summed E-state index contributed by atoms with van der Waals surface area (Å²) in [6.07, 6.45) is 1.10. The van der Waals surface area contributed by atoms with Crippen LogP contribution in [-0.4, -0.2) is 92.9 Å². The van der Waals surface area contributed by atoms with Crippen molar-refractivity contribution in [1.82, 2.24) is 15.5 Å². The van der Waals surface area contributed by atoms with Gasteiger partial charge in [-0.2, -0.15) is 0 Å². The molecule has 13 heteroatoms. The molecule has 0 aromatic heterocycles. The Kier molecular flexibility index (Phi) is 12.6.